The quantitative estimate of drug-likeness (QED) is 0.0655. The van der Waals surface area contributed by atoms with Gasteiger partial charge >= 0.3 is 59.1 Å². The number of aliphatic carboxylic acids is 1. The molecule has 0 fully saturated rings. The van der Waals surface area contributed by atoms with Crippen LogP contribution in [0.25, 0.3) is 10.8 Å². The van der Waals surface area contributed by atoms with Crippen LogP contribution in [0.1, 0.15) is 10.4 Å². The van der Waals surface area contributed by atoms with Crippen molar-refractivity contribution in [1.82, 2.24) is 0 Å². The number of anilines is 3. The number of hydrogen-bond acceptors (Lipinski definition) is 13. The first-order valence-corrected chi connectivity index (χ1v) is 15.9. The van der Waals surface area contributed by atoms with E-state index in [0.29, 0.717) is 11.4 Å². The third-order valence-electron chi connectivity index (χ3n) is 7.24. The third kappa shape index (κ3) is 8.77. The molecule has 5 aromatic carbocycles. The van der Waals surface area contributed by atoms with Gasteiger partial charge < -0.3 is 26.1 Å². The van der Waals surface area contributed by atoms with Gasteiger partial charge in [0, 0.05) is 16.9 Å². The standard InChI is InChI=1S/C33H24N8O8S.2Na/c34-20-5-4-8-24(17-20)41-32(44)28(29(40-41)33(45)46)39-37-22-11-9-18(10-12-22)31(43)35-23-13-14-25-19(15-23)16-26(50(47,48)49)27(30(25)42)38-36-21-6-2-1-3-7-21;;/h1-17,28,42H,34H2,(H,35,43)(H,45,46)(H,47,48,49);;/q;2*+1/p-2. The van der Waals surface area contributed by atoms with Crippen molar-refractivity contribution in [2.24, 2.45) is 25.6 Å². The first kappa shape index (κ1) is 39.9. The Balaban J connectivity index is 0.00000302. The van der Waals surface area contributed by atoms with Gasteiger partial charge in [-0.1, -0.05) is 36.1 Å². The number of fused-ring (bicyclic) bond motifs is 1. The summed E-state index contributed by atoms with van der Waals surface area (Å²) in [6.07, 6.45) is 0. The Labute approximate surface area is 339 Å². The third-order valence-corrected chi connectivity index (χ3v) is 8.11. The van der Waals surface area contributed by atoms with Gasteiger partial charge in [-0.15, -0.1) is 5.11 Å². The van der Waals surface area contributed by atoms with Gasteiger partial charge in [0.1, 0.15) is 10.6 Å². The zero-order valence-electron chi connectivity index (χ0n) is 27.4. The monoisotopic (exact) mass is 736 g/mol. The van der Waals surface area contributed by atoms with E-state index in [4.69, 9.17) is 5.73 Å². The molecule has 16 nitrogen and oxygen atoms in total. The SMILES string of the molecule is Nc1cccc(N2N=C(C(=O)[O-])C(N=Nc3ccc(C(=O)Nc4ccc5c([O-])c(N=Nc6ccccc6)c(S(=O)(=O)O)cc5c4)cc3)C2=O)c1.[Na+].[Na+]. The molecule has 0 saturated heterocycles. The number of amides is 2. The van der Waals surface area contributed by atoms with Crippen molar-refractivity contribution >= 4 is 78.5 Å². The second kappa shape index (κ2) is 16.7. The van der Waals surface area contributed by atoms with Crippen molar-refractivity contribution in [2.45, 2.75) is 10.9 Å². The van der Waals surface area contributed by atoms with Crippen molar-refractivity contribution in [2.75, 3.05) is 16.1 Å². The molecule has 0 saturated carbocycles. The van der Waals surface area contributed by atoms with Crippen LogP contribution in [-0.2, 0) is 19.7 Å². The number of nitrogen functional groups attached to an aromatic ring is 1. The predicted octanol–water partition coefficient (Wildman–Crippen LogP) is -1.98. The van der Waals surface area contributed by atoms with Crippen LogP contribution in [0, 0.1) is 0 Å². The topological polar surface area (TPSA) is 255 Å². The summed E-state index contributed by atoms with van der Waals surface area (Å²) in [7, 11) is -4.89. The fourth-order valence-corrected chi connectivity index (χ4v) is 5.51. The molecule has 1 aliphatic rings. The van der Waals surface area contributed by atoms with Crippen molar-refractivity contribution in [3.8, 4) is 5.75 Å². The van der Waals surface area contributed by atoms with Crippen molar-refractivity contribution < 1.29 is 96.7 Å². The normalized spacial score (nSPS) is 14.2. The van der Waals surface area contributed by atoms with Gasteiger partial charge in [-0.05, 0) is 83.6 Å². The molecule has 5 aromatic rings. The molecule has 0 spiro atoms. The first-order chi connectivity index (χ1) is 23.9. The molecule has 1 heterocycles. The number of rotatable bonds is 9. The molecule has 0 aromatic heterocycles. The summed E-state index contributed by atoms with van der Waals surface area (Å²) < 4.78 is 34.2. The Hall–Kier alpha value is -4.85. The number of carbonyl (C=O) groups is 3. The second-order valence-electron chi connectivity index (χ2n) is 10.6. The van der Waals surface area contributed by atoms with E-state index in [-0.39, 0.29) is 92.5 Å². The van der Waals surface area contributed by atoms with E-state index >= 15 is 0 Å². The molecular weight excluding hydrogens is 714 g/mol. The molecule has 19 heteroatoms. The van der Waals surface area contributed by atoms with Gasteiger partial charge in [0.05, 0.1) is 28.7 Å². The maximum Gasteiger partial charge on any atom is 1.00 e. The summed E-state index contributed by atoms with van der Waals surface area (Å²) in [6.45, 7) is 0. The maximum absolute atomic E-state index is 13.2. The van der Waals surface area contributed by atoms with Crippen LogP contribution in [-0.4, -0.2) is 42.5 Å². The molecular formula is C33H22N8Na2O8S. The molecule has 250 valence electrons. The average Bonchev–Trinajstić information content (AvgIpc) is 3.43. The Bertz CT molecular complexity index is 2390. The number of carboxylic acid groups (broad SMARTS) is 1. The fourth-order valence-electron chi connectivity index (χ4n) is 4.86. The molecule has 2 amide bonds. The van der Waals surface area contributed by atoms with Crippen LogP contribution in [0.15, 0.2) is 134 Å². The molecule has 4 N–H and O–H groups in total. The van der Waals surface area contributed by atoms with Crippen LogP contribution >= 0.6 is 0 Å². The van der Waals surface area contributed by atoms with Crippen LogP contribution in [0.2, 0.25) is 0 Å². The fraction of sp³-hybridized carbons (Fsp3) is 0.0303. The Morgan fingerprint density at radius 1 is 0.865 bits per heavy atom. The summed E-state index contributed by atoms with van der Waals surface area (Å²) in [4.78, 5) is 36.9. The maximum atomic E-state index is 13.2. The van der Waals surface area contributed by atoms with E-state index in [1.807, 2.05) is 0 Å². The van der Waals surface area contributed by atoms with E-state index in [1.54, 1.807) is 42.5 Å². The Kier molecular flexibility index (Phi) is 12.8. The zero-order chi connectivity index (χ0) is 35.6. The molecule has 0 radical (unpaired) electrons. The Morgan fingerprint density at radius 3 is 2.21 bits per heavy atom. The Morgan fingerprint density at radius 2 is 1.56 bits per heavy atom. The average molecular weight is 737 g/mol. The molecule has 52 heavy (non-hydrogen) atoms. The van der Waals surface area contributed by atoms with E-state index in [2.05, 4.69) is 30.9 Å². The number of nitrogens with two attached hydrogens (primary N) is 1. The van der Waals surface area contributed by atoms with Gasteiger partial charge in [0.15, 0.2) is 6.04 Å². The van der Waals surface area contributed by atoms with Crippen molar-refractivity contribution in [3.05, 3.63) is 109 Å². The number of carbonyl (C=O) groups excluding carboxylic acids is 3. The summed E-state index contributed by atoms with van der Waals surface area (Å²) in [5.74, 6) is -3.88. The second-order valence-corrected chi connectivity index (χ2v) is 12.0. The predicted molar refractivity (Wildman–Crippen MR) is 177 cm³/mol. The summed E-state index contributed by atoms with van der Waals surface area (Å²) >= 11 is 0. The van der Waals surface area contributed by atoms with E-state index in [0.717, 1.165) is 11.1 Å². The van der Waals surface area contributed by atoms with Crippen molar-refractivity contribution in [1.29, 1.82) is 0 Å². The van der Waals surface area contributed by atoms with Crippen molar-refractivity contribution in [3.63, 3.8) is 0 Å². The van der Waals surface area contributed by atoms with Gasteiger partial charge in [-0.25, -0.2) is 0 Å². The van der Waals surface area contributed by atoms with E-state index < -0.39 is 56.0 Å². The number of carboxylic acids is 1. The molecule has 1 atom stereocenters. The van der Waals surface area contributed by atoms with Crippen LogP contribution in [0.3, 0.4) is 0 Å². The van der Waals surface area contributed by atoms with E-state index in [1.165, 1.54) is 54.6 Å². The number of nitrogens with one attached hydrogen (secondary N) is 1. The number of hydrogen-bond donors (Lipinski definition) is 3. The van der Waals surface area contributed by atoms with Crippen LogP contribution < -0.4 is 85.4 Å². The number of azo groups is 2. The first-order valence-electron chi connectivity index (χ1n) is 14.4. The largest absolute Gasteiger partial charge is 1.00 e. The minimum absolute atomic E-state index is 0. The number of benzene rings is 5. The smallest absolute Gasteiger partial charge is 0.871 e. The summed E-state index contributed by atoms with van der Waals surface area (Å²) in [6, 6.07) is 23.6. The van der Waals surface area contributed by atoms with Gasteiger partial charge in [0.2, 0.25) is 0 Å². The minimum Gasteiger partial charge on any atom is -0.871 e. The molecule has 1 unspecified atom stereocenters. The van der Waals surface area contributed by atoms with Gasteiger partial charge in [-0.3, -0.25) is 14.1 Å². The minimum atomic E-state index is -4.89. The molecule has 6 rings (SSSR count). The molecule has 0 aliphatic carbocycles. The van der Waals surface area contributed by atoms with Crippen LogP contribution in [0.4, 0.5) is 34.1 Å². The van der Waals surface area contributed by atoms with Crippen LogP contribution in [0.5, 0.6) is 5.75 Å². The molecule has 0 bridgehead atoms. The number of hydrazone groups is 1. The molecule has 1 aliphatic heterocycles. The van der Waals surface area contributed by atoms with Gasteiger partial charge in [0.25, 0.3) is 21.9 Å². The number of nitrogens with zero attached hydrogens (tertiary/aromatic N) is 6. The van der Waals surface area contributed by atoms with Gasteiger partial charge in [-0.2, -0.15) is 33.9 Å². The summed E-state index contributed by atoms with van der Waals surface area (Å²) in [5, 5.41) is 47.9. The summed E-state index contributed by atoms with van der Waals surface area (Å²) in [5.41, 5.74) is 5.99. The zero-order valence-corrected chi connectivity index (χ0v) is 32.2. The van der Waals surface area contributed by atoms with E-state index in [9.17, 15) is 37.6 Å².